The van der Waals surface area contributed by atoms with Crippen molar-refractivity contribution in [3.05, 3.63) is 12.2 Å². The second-order valence-electron chi connectivity index (χ2n) is 3.34. The molecule has 0 amide bonds. The molecule has 0 heterocycles. The summed E-state index contributed by atoms with van der Waals surface area (Å²) in [6.45, 7) is 6.02. The molecule has 0 spiro atoms. The zero-order valence-corrected chi connectivity index (χ0v) is 7.76. The first-order valence-electron chi connectivity index (χ1n) is 4.30. The Balaban J connectivity index is 3.21. The molecule has 0 aromatic rings. The van der Waals surface area contributed by atoms with Gasteiger partial charge in [0, 0.05) is 0 Å². The average molecular weight is 154 g/mol. The van der Waals surface area contributed by atoms with Crippen LogP contribution < -0.4 is 0 Å². The number of carbonyl (C=O) groups excluding carboxylic acids is 1. The van der Waals surface area contributed by atoms with Gasteiger partial charge in [0.2, 0.25) is 0 Å². The van der Waals surface area contributed by atoms with Crippen molar-refractivity contribution in [2.75, 3.05) is 0 Å². The Morgan fingerprint density at radius 2 is 2.09 bits per heavy atom. The minimum absolute atomic E-state index is 0.148. The molecule has 0 aliphatic rings. The van der Waals surface area contributed by atoms with Crippen LogP contribution in [0.2, 0.25) is 0 Å². The fraction of sp³-hybridized carbons (Fsp3) is 0.700. The number of allylic oxidation sites excluding steroid dienone is 2. The molecule has 0 unspecified atom stereocenters. The maximum Gasteiger partial charge on any atom is 0.152 e. The van der Waals surface area contributed by atoms with Crippen molar-refractivity contribution in [3.63, 3.8) is 0 Å². The molecular weight excluding hydrogens is 136 g/mol. The van der Waals surface area contributed by atoms with Gasteiger partial charge in [0.1, 0.15) is 0 Å². The van der Waals surface area contributed by atoms with Gasteiger partial charge < -0.3 is 0 Å². The monoisotopic (exact) mass is 154 g/mol. The van der Waals surface area contributed by atoms with E-state index in [-0.39, 0.29) is 5.78 Å². The van der Waals surface area contributed by atoms with Crippen molar-refractivity contribution in [2.45, 2.75) is 40.0 Å². The number of unbranched alkanes of at least 4 members (excludes halogenated alkanes) is 1. The second-order valence-corrected chi connectivity index (χ2v) is 3.34. The molecule has 0 aromatic heterocycles. The summed E-state index contributed by atoms with van der Waals surface area (Å²) in [5.41, 5.74) is 0. The third kappa shape index (κ3) is 9.41. The Hall–Kier alpha value is -0.590. The maximum absolute atomic E-state index is 10.5. The molecule has 11 heavy (non-hydrogen) atoms. The number of carbonyl (C=O) groups is 1. The first kappa shape index (κ1) is 10.4. The first-order valence-corrected chi connectivity index (χ1v) is 4.30. The highest BCUT2D eigenvalue weighted by molar-refractivity contribution is 5.87. The lowest BCUT2D eigenvalue weighted by Gasteiger charge is -1.99. The van der Waals surface area contributed by atoms with Gasteiger partial charge in [-0.15, -0.1) is 0 Å². The van der Waals surface area contributed by atoms with Crippen LogP contribution in [0.15, 0.2) is 12.2 Å². The van der Waals surface area contributed by atoms with Crippen LogP contribution in [0.1, 0.15) is 40.0 Å². The van der Waals surface area contributed by atoms with Gasteiger partial charge in [-0.3, -0.25) is 4.79 Å². The molecule has 0 rings (SSSR count). The summed E-state index contributed by atoms with van der Waals surface area (Å²) in [7, 11) is 0. The quantitative estimate of drug-likeness (QED) is 0.439. The number of ketones is 1. The third-order valence-corrected chi connectivity index (χ3v) is 1.50. The molecule has 0 radical (unpaired) electrons. The Bertz CT molecular complexity index is 134. The van der Waals surface area contributed by atoms with Gasteiger partial charge >= 0.3 is 0 Å². The topological polar surface area (TPSA) is 17.1 Å². The summed E-state index contributed by atoms with van der Waals surface area (Å²) < 4.78 is 0. The van der Waals surface area contributed by atoms with Gasteiger partial charge in [0.15, 0.2) is 5.78 Å². The Labute approximate surface area is 69.5 Å². The normalized spacial score (nSPS) is 11.3. The zero-order valence-electron chi connectivity index (χ0n) is 7.76. The van der Waals surface area contributed by atoms with Gasteiger partial charge in [-0.05, 0) is 31.8 Å². The van der Waals surface area contributed by atoms with Crippen LogP contribution in [-0.2, 0) is 4.79 Å². The summed E-state index contributed by atoms with van der Waals surface area (Å²) >= 11 is 0. The Morgan fingerprint density at radius 1 is 1.45 bits per heavy atom. The van der Waals surface area contributed by atoms with Crippen molar-refractivity contribution in [1.82, 2.24) is 0 Å². The highest BCUT2D eigenvalue weighted by Gasteiger charge is 1.91. The van der Waals surface area contributed by atoms with E-state index in [1.54, 1.807) is 13.0 Å². The standard InChI is InChI=1S/C10H18O/c1-9(2)7-5-4-6-8-10(3)11/h6,8-9H,4-5,7H2,1-3H3/b8-6+. The number of hydrogen-bond donors (Lipinski definition) is 0. The highest BCUT2D eigenvalue weighted by Crippen LogP contribution is 2.06. The fourth-order valence-electron chi connectivity index (χ4n) is 0.893. The molecule has 64 valence electrons. The predicted octanol–water partition coefficient (Wildman–Crippen LogP) is 2.96. The first-order chi connectivity index (χ1) is 5.13. The minimum atomic E-state index is 0.148. The summed E-state index contributed by atoms with van der Waals surface area (Å²) in [6.07, 6.45) is 7.10. The van der Waals surface area contributed by atoms with Crippen LogP contribution in [-0.4, -0.2) is 5.78 Å². The van der Waals surface area contributed by atoms with Crippen molar-refractivity contribution in [3.8, 4) is 0 Å². The smallest absolute Gasteiger partial charge is 0.152 e. The lowest BCUT2D eigenvalue weighted by molar-refractivity contribution is -0.112. The van der Waals surface area contributed by atoms with E-state index in [0.717, 1.165) is 12.3 Å². The van der Waals surface area contributed by atoms with Crippen molar-refractivity contribution < 1.29 is 4.79 Å². The van der Waals surface area contributed by atoms with Crippen LogP contribution in [0.3, 0.4) is 0 Å². The Morgan fingerprint density at radius 3 is 2.55 bits per heavy atom. The maximum atomic E-state index is 10.5. The average Bonchev–Trinajstić information content (AvgIpc) is 1.85. The molecule has 0 aliphatic carbocycles. The van der Waals surface area contributed by atoms with E-state index in [9.17, 15) is 4.79 Å². The summed E-state index contributed by atoms with van der Waals surface area (Å²) in [5.74, 6) is 0.926. The molecule has 1 heteroatoms. The fourth-order valence-corrected chi connectivity index (χ4v) is 0.893. The van der Waals surface area contributed by atoms with Crippen LogP contribution in [0.5, 0.6) is 0 Å². The molecule has 1 nitrogen and oxygen atoms in total. The Kier molecular flexibility index (Phi) is 5.81. The molecule has 0 saturated heterocycles. The van der Waals surface area contributed by atoms with Crippen molar-refractivity contribution in [1.29, 1.82) is 0 Å². The van der Waals surface area contributed by atoms with Crippen LogP contribution >= 0.6 is 0 Å². The lowest BCUT2D eigenvalue weighted by Crippen LogP contribution is -1.86. The molecule has 0 N–H and O–H groups in total. The van der Waals surface area contributed by atoms with Crippen molar-refractivity contribution in [2.24, 2.45) is 5.92 Å². The number of rotatable bonds is 5. The highest BCUT2D eigenvalue weighted by atomic mass is 16.1. The van der Waals surface area contributed by atoms with Gasteiger partial charge in [-0.25, -0.2) is 0 Å². The molecule has 0 fully saturated rings. The minimum Gasteiger partial charge on any atom is -0.295 e. The van der Waals surface area contributed by atoms with E-state index in [1.165, 1.54) is 12.8 Å². The second kappa shape index (κ2) is 6.14. The molecular formula is C10H18O. The summed E-state index contributed by atoms with van der Waals surface area (Å²) in [5, 5.41) is 0. The molecule has 0 atom stereocenters. The van der Waals surface area contributed by atoms with E-state index in [1.807, 2.05) is 6.08 Å². The molecule has 0 aliphatic heterocycles. The van der Waals surface area contributed by atoms with E-state index in [0.29, 0.717) is 0 Å². The van der Waals surface area contributed by atoms with Crippen molar-refractivity contribution >= 4 is 5.78 Å². The van der Waals surface area contributed by atoms with E-state index in [4.69, 9.17) is 0 Å². The summed E-state index contributed by atoms with van der Waals surface area (Å²) in [4.78, 5) is 10.5. The van der Waals surface area contributed by atoms with E-state index < -0.39 is 0 Å². The van der Waals surface area contributed by atoms with Crippen LogP contribution in [0.4, 0.5) is 0 Å². The van der Waals surface area contributed by atoms with Crippen LogP contribution in [0, 0.1) is 5.92 Å². The third-order valence-electron chi connectivity index (χ3n) is 1.50. The summed E-state index contributed by atoms with van der Waals surface area (Å²) in [6, 6.07) is 0. The number of hydrogen-bond acceptors (Lipinski definition) is 1. The SMILES string of the molecule is CC(=O)/C=C/CCCC(C)C. The zero-order chi connectivity index (χ0) is 8.69. The largest absolute Gasteiger partial charge is 0.295 e. The van der Waals surface area contributed by atoms with Gasteiger partial charge in [0.05, 0.1) is 0 Å². The predicted molar refractivity (Wildman–Crippen MR) is 48.5 cm³/mol. The van der Waals surface area contributed by atoms with Crippen LogP contribution in [0.25, 0.3) is 0 Å². The van der Waals surface area contributed by atoms with E-state index >= 15 is 0 Å². The molecule has 0 bridgehead atoms. The molecule has 0 saturated carbocycles. The molecule has 0 aromatic carbocycles. The lowest BCUT2D eigenvalue weighted by atomic mass is 10.1. The van der Waals surface area contributed by atoms with Gasteiger partial charge in [-0.1, -0.05) is 26.3 Å². The van der Waals surface area contributed by atoms with E-state index in [2.05, 4.69) is 13.8 Å². The van der Waals surface area contributed by atoms with Gasteiger partial charge in [0.25, 0.3) is 0 Å². The van der Waals surface area contributed by atoms with Gasteiger partial charge in [-0.2, -0.15) is 0 Å².